The second-order valence-electron chi connectivity index (χ2n) is 11.4. The largest absolute Gasteiger partial charge is 0.309 e. The first kappa shape index (κ1) is 26.2. The lowest BCUT2D eigenvalue weighted by Crippen LogP contribution is -2.14. The number of para-hydroxylation sites is 4. The van der Waals surface area contributed by atoms with Gasteiger partial charge in [0, 0.05) is 45.0 Å². The van der Waals surface area contributed by atoms with Gasteiger partial charge in [0.1, 0.15) is 5.82 Å². The van der Waals surface area contributed by atoms with Gasteiger partial charge in [0.2, 0.25) is 0 Å². The van der Waals surface area contributed by atoms with Crippen LogP contribution in [0.4, 0.5) is 17.2 Å². The third kappa shape index (κ3) is 4.15. The zero-order chi connectivity index (χ0) is 30.5. The van der Waals surface area contributed by atoms with Gasteiger partial charge in [-0.2, -0.15) is 0 Å². The van der Waals surface area contributed by atoms with E-state index in [1.165, 1.54) is 22.2 Å². The average Bonchev–Trinajstić information content (AvgIpc) is 3.42. The topological polar surface area (TPSA) is 34.0 Å². The zero-order valence-corrected chi connectivity index (χ0v) is 25.0. The molecule has 0 unspecified atom stereocenters. The van der Waals surface area contributed by atoms with Crippen molar-refractivity contribution in [2.45, 2.75) is 0 Å². The molecule has 0 spiro atoms. The molecule has 0 radical (unpaired) electrons. The Labute approximate surface area is 267 Å². The standard InChI is InChI=1S/C42H28N4/c1-4-16-29(17-5-1)35-28-39(44-42(43-35)30-18-6-2-7-19-30)46-37-26-14-11-23-33(37)40-32-22-10-13-25-36(32)45(31-20-8-3-9-21-31)41(40)34-24-12-15-27-38(34)46/h1-28H. The molecule has 0 amide bonds. The number of anilines is 3. The van der Waals surface area contributed by atoms with Gasteiger partial charge in [0.15, 0.2) is 5.82 Å². The molecule has 1 aliphatic rings. The van der Waals surface area contributed by atoms with Crippen molar-refractivity contribution in [3.05, 3.63) is 170 Å². The van der Waals surface area contributed by atoms with Crippen LogP contribution in [0, 0.1) is 0 Å². The van der Waals surface area contributed by atoms with Crippen molar-refractivity contribution in [3.8, 4) is 50.7 Å². The minimum atomic E-state index is 0.688. The van der Waals surface area contributed by atoms with Crippen molar-refractivity contribution in [2.24, 2.45) is 0 Å². The van der Waals surface area contributed by atoms with Crippen LogP contribution < -0.4 is 4.90 Å². The minimum Gasteiger partial charge on any atom is -0.309 e. The van der Waals surface area contributed by atoms with E-state index in [0.29, 0.717) is 5.82 Å². The van der Waals surface area contributed by atoms with E-state index in [0.717, 1.165) is 50.8 Å². The highest BCUT2D eigenvalue weighted by Gasteiger charge is 2.32. The fourth-order valence-corrected chi connectivity index (χ4v) is 6.76. The number of hydrogen-bond acceptors (Lipinski definition) is 3. The van der Waals surface area contributed by atoms with Crippen LogP contribution in [0.15, 0.2) is 170 Å². The fraction of sp³-hybridized carbons (Fsp3) is 0. The lowest BCUT2D eigenvalue weighted by atomic mass is 9.98. The highest BCUT2D eigenvalue weighted by Crippen LogP contribution is 2.54. The summed E-state index contributed by atoms with van der Waals surface area (Å²) in [7, 11) is 0. The second-order valence-corrected chi connectivity index (χ2v) is 11.4. The molecule has 6 aromatic carbocycles. The molecule has 0 atom stereocenters. The molecule has 0 N–H and O–H groups in total. The van der Waals surface area contributed by atoms with Crippen molar-refractivity contribution in [1.82, 2.24) is 14.5 Å². The Hall–Kier alpha value is -6.26. The average molecular weight is 589 g/mol. The molecular weight excluding hydrogens is 560 g/mol. The van der Waals surface area contributed by atoms with Gasteiger partial charge >= 0.3 is 0 Å². The monoisotopic (exact) mass is 588 g/mol. The molecule has 3 heterocycles. The Bertz CT molecular complexity index is 2300. The van der Waals surface area contributed by atoms with Crippen LogP contribution in [0.3, 0.4) is 0 Å². The normalized spacial score (nSPS) is 11.9. The molecule has 4 heteroatoms. The van der Waals surface area contributed by atoms with E-state index < -0.39 is 0 Å². The zero-order valence-electron chi connectivity index (χ0n) is 25.0. The van der Waals surface area contributed by atoms with E-state index in [1.807, 2.05) is 24.3 Å². The molecule has 216 valence electrons. The summed E-state index contributed by atoms with van der Waals surface area (Å²) in [5.74, 6) is 1.50. The minimum absolute atomic E-state index is 0.688. The molecule has 8 aromatic rings. The third-order valence-corrected chi connectivity index (χ3v) is 8.75. The van der Waals surface area contributed by atoms with E-state index in [2.05, 4.69) is 155 Å². The molecule has 0 fully saturated rings. The van der Waals surface area contributed by atoms with Crippen molar-refractivity contribution in [1.29, 1.82) is 0 Å². The van der Waals surface area contributed by atoms with Gasteiger partial charge in [0.05, 0.1) is 28.3 Å². The van der Waals surface area contributed by atoms with Crippen molar-refractivity contribution in [3.63, 3.8) is 0 Å². The number of rotatable bonds is 4. The summed E-state index contributed by atoms with van der Waals surface area (Å²) in [5, 5.41) is 1.21. The van der Waals surface area contributed by atoms with Crippen molar-refractivity contribution in [2.75, 3.05) is 4.90 Å². The van der Waals surface area contributed by atoms with Crippen LogP contribution in [-0.2, 0) is 0 Å². The third-order valence-electron chi connectivity index (χ3n) is 8.75. The number of nitrogens with zero attached hydrogens (tertiary/aromatic N) is 4. The fourth-order valence-electron chi connectivity index (χ4n) is 6.76. The van der Waals surface area contributed by atoms with Gasteiger partial charge in [-0.05, 0) is 30.3 Å². The summed E-state index contributed by atoms with van der Waals surface area (Å²) < 4.78 is 2.41. The van der Waals surface area contributed by atoms with E-state index in [-0.39, 0.29) is 0 Å². The summed E-state index contributed by atoms with van der Waals surface area (Å²) >= 11 is 0. The van der Waals surface area contributed by atoms with Gasteiger partial charge in [-0.3, -0.25) is 4.90 Å². The molecule has 46 heavy (non-hydrogen) atoms. The van der Waals surface area contributed by atoms with Crippen LogP contribution in [0.1, 0.15) is 0 Å². The number of aromatic nitrogens is 3. The van der Waals surface area contributed by atoms with E-state index >= 15 is 0 Å². The summed E-state index contributed by atoms with van der Waals surface area (Å²) in [6, 6.07) is 59.5. The van der Waals surface area contributed by atoms with E-state index in [4.69, 9.17) is 9.97 Å². The summed E-state index contributed by atoms with van der Waals surface area (Å²) in [6.45, 7) is 0. The predicted octanol–water partition coefficient (Wildman–Crippen LogP) is 10.9. The molecule has 0 bridgehead atoms. The maximum atomic E-state index is 5.29. The van der Waals surface area contributed by atoms with Crippen molar-refractivity contribution < 1.29 is 0 Å². The number of fused-ring (bicyclic) bond motifs is 7. The molecule has 0 aliphatic carbocycles. The van der Waals surface area contributed by atoms with Crippen LogP contribution >= 0.6 is 0 Å². The Kier molecular flexibility index (Phi) is 6.10. The first-order valence-electron chi connectivity index (χ1n) is 15.5. The Morgan fingerprint density at radius 1 is 0.457 bits per heavy atom. The number of benzene rings is 6. The van der Waals surface area contributed by atoms with Gasteiger partial charge in [-0.15, -0.1) is 0 Å². The van der Waals surface area contributed by atoms with E-state index in [9.17, 15) is 0 Å². The first-order valence-corrected chi connectivity index (χ1v) is 15.5. The molecule has 9 rings (SSSR count). The van der Waals surface area contributed by atoms with Crippen LogP contribution in [0.25, 0.3) is 61.6 Å². The summed E-state index contributed by atoms with van der Waals surface area (Å²) in [5.41, 5.74) is 12.0. The highest BCUT2D eigenvalue weighted by atomic mass is 15.2. The van der Waals surface area contributed by atoms with Gasteiger partial charge in [-0.1, -0.05) is 133 Å². The predicted molar refractivity (Wildman–Crippen MR) is 189 cm³/mol. The van der Waals surface area contributed by atoms with Crippen LogP contribution in [0.2, 0.25) is 0 Å². The van der Waals surface area contributed by atoms with Crippen LogP contribution in [0.5, 0.6) is 0 Å². The maximum Gasteiger partial charge on any atom is 0.162 e. The van der Waals surface area contributed by atoms with Gasteiger partial charge in [-0.25, -0.2) is 9.97 Å². The van der Waals surface area contributed by atoms with Gasteiger partial charge < -0.3 is 4.57 Å². The van der Waals surface area contributed by atoms with Crippen molar-refractivity contribution >= 4 is 28.1 Å². The molecular formula is C42H28N4. The van der Waals surface area contributed by atoms with Crippen LogP contribution in [-0.4, -0.2) is 14.5 Å². The molecule has 4 nitrogen and oxygen atoms in total. The summed E-state index contributed by atoms with van der Waals surface area (Å²) in [6.07, 6.45) is 0. The molecule has 0 saturated heterocycles. The smallest absolute Gasteiger partial charge is 0.162 e. The Morgan fingerprint density at radius 3 is 1.76 bits per heavy atom. The quantitative estimate of drug-likeness (QED) is 0.205. The maximum absolute atomic E-state index is 5.29. The second kappa shape index (κ2) is 10.7. The molecule has 2 aromatic heterocycles. The van der Waals surface area contributed by atoms with Gasteiger partial charge in [0.25, 0.3) is 0 Å². The summed E-state index contributed by atoms with van der Waals surface area (Å²) in [4.78, 5) is 12.7. The molecule has 1 aliphatic heterocycles. The first-order chi connectivity index (χ1) is 22.8. The Morgan fingerprint density at radius 2 is 1.02 bits per heavy atom. The lowest BCUT2D eigenvalue weighted by molar-refractivity contribution is 1.12. The lowest BCUT2D eigenvalue weighted by Gasteiger charge is -2.27. The Balaban J connectivity index is 1.39. The highest BCUT2D eigenvalue weighted by molar-refractivity contribution is 6.12. The van der Waals surface area contributed by atoms with E-state index in [1.54, 1.807) is 0 Å². The number of hydrogen-bond donors (Lipinski definition) is 0. The SMILES string of the molecule is c1ccc(-c2cc(N3c4ccccc4-c4c(n(-c5ccccc5)c5ccccc45)-c4ccccc43)nc(-c3ccccc3)n2)cc1. The molecule has 0 saturated carbocycles.